The van der Waals surface area contributed by atoms with Gasteiger partial charge in [-0.25, -0.2) is 14.8 Å². The molecule has 2 aromatic rings. The van der Waals surface area contributed by atoms with Gasteiger partial charge < -0.3 is 9.47 Å². The first-order valence-corrected chi connectivity index (χ1v) is 6.16. The number of hydrogen-bond acceptors (Lipinski definition) is 6. The Labute approximate surface area is 121 Å². The first-order valence-electron chi connectivity index (χ1n) is 6.16. The van der Waals surface area contributed by atoms with Crippen LogP contribution in [-0.4, -0.2) is 36.4 Å². The lowest BCUT2D eigenvalue weighted by Crippen LogP contribution is -2.08. The van der Waals surface area contributed by atoms with Crippen LogP contribution in [0.2, 0.25) is 0 Å². The highest BCUT2D eigenvalue weighted by Crippen LogP contribution is 2.29. The highest BCUT2D eigenvalue weighted by Gasteiger charge is 2.15. The van der Waals surface area contributed by atoms with Crippen molar-refractivity contribution in [3.8, 4) is 17.0 Å². The normalized spacial score (nSPS) is 10.0. The summed E-state index contributed by atoms with van der Waals surface area (Å²) in [7, 11) is 2.77. The topological polar surface area (TPSA) is 78.4 Å². The third-order valence-corrected chi connectivity index (χ3v) is 3.11. The zero-order chi connectivity index (χ0) is 15.4. The van der Waals surface area contributed by atoms with Crippen molar-refractivity contribution in [2.45, 2.75) is 6.92 Å². The summed E-state index contributed by atoms with van der Waals surface area (Å²) in [6, 6.07) is 5.13. The molecule has 0 atom stereocenters. The number of rotatable bonds is 4. The van der Waals surface area contributed by atoms with Crippen LogP contribution in [-0.2, 0) is 4.74 Å². The maximum Gasteiger partial charge on any atom is 0.376 e. The SMILES string of the molecule is COC(=O)c1nccc(-c2ccc(OC)c(C=O)c2C)n1. The van der Waals surface area contributed by atoms with Gasteiger partial charge in [-0.1, -0.05) is 0 Å². The Balaban J connectivity index is 2.57. The molecule has 6 nitrogen and oxygen atoms in total. The quantitative estimate of drug-likeness (QED) is 0.632. The van der Waals surface area contributed by atoms with Crippen molar-refractivity contribution in [2.24, 2.45) is 0 Å². The average Bonchev–Trinajstić information content (AvgIpc) is 2.53. The molecule has 1 aromatic heterocycles. The molecule has 0 saturated heterocycles. The minimum atomic E-state index is -0.612. The molecule has 0 aliphatic heterocycles. The second kappa shape index (κ2) is 6.13. The van der Waals surface area contributed by atoms with Gasteiger partial charge in [0.25, 0.3) is 0 Å². The summed E-state index contributed by atoms with van der Waals surface area (Å²) in [6.45, 7) is 1.79. The van der Waals surface area contributed by atoms with Gasteiger partial charge in [-0.2, -0.15) is 0 Å². The van der Waals surface area contributed by atoms with Crippen molar-refractivity contribution in [2.75, 3.05) is 14.2 Å². The van der Waals surface area contributed by atoms with E-state index in [-0.39, 0.29) is 5.82 Å². The highest BCUT2D eigenvalue weighted by molar-refractivity contribution is 5.88. The number of esters is 1. The number of aldehydes is 1. The minimum absolute atomic E-state index is 0.0297. The Morgan fingerprint density at radius 2 is 2.00 bits per heavy atom. The maximum absolute atomic E-state index is 11.5. The van der Waals surface area contributed by atoms with Crippen LogP contribution >= 0.6 is 0 Å². The average molecular weight is 286 g/mol. The first kappa shape index (κ1) is 14.6. The summed E-state index contributed by atoms with van der Waals surface area (Å²) in [4.78, 5) is 30.7. The molecule has 0 aliphatic carbocycles. The molecule has 0 N–H and O–H groups in total. The molecule has 0 bridgehead atoms. The molecule has 0 unspecified atom stereocenters. The lowest BCUT2D eigenvalue weighted by Gasteiger charge is -2.11. The van der Waals surface area contributed by atoms with E-state index in [1.54, 1.807) is 25.1 Å². The van der Waals surface area contributed by atoms with Crippen molar-refractivity contribution < 1.29 is 19.1 Å². The smallest absolute Gasteiger partial charge is 0.376 e. The molecule has 0 saturated carbocycles. The lowest BCUT2D eigenvalue weighted by atomic mass is 9.99. The fourth-order valence-corrected chi connectivity index (χ4v) is 2.00. The van der Waals surface area contributed by atoms with Gasteiger partial charge in [-0.3, -0.25) is 4.79 Å². The summed E-state index contributed by atoms with van der Waals surface area (Å²) in [5.74, 6) is -0.148. The van der Waals surface area contributed by atoms with E-state index in [9.17, 15) is 9.59 Å². The third kappa shape index (κ3) is 2.74. The van der Waals surface area contributed by atoms with Crippen LogP contribution in [0.25, 0.3) is 11.3 Å². The summed E-state index contributed by atoms with van der Waals surface area (Å²) >= 11 is 0. The van der Waals surface area contributed by atoms with Crippen LogP contribution < -0.4 is 4.74 Å². The van der Waals surface area contributed by atoms with Crippen LogP contribution in [0.3, 0.4) is 0 Å². The van der Waals surface area contributed by atoms with Crippen LogP contribution in [0.5, 0.6) is 5.75 Å². The molecule has 0 amide bonds. The predicted molar refractivity (Wildman–Crippen MR) is 75.5 cm³/mol. The molecule has 108 valence electrons. The van der Waals surface area contributed by atoms with Gasteiger partial charge in [-0.05, 0) is 30.7 Å². The number of carbonyl (C=O) groups excluding carboxylic acids is 2. The molecule has 0 radical (unpaired) electrons. The molecular formula is C15H14N2O4. The molecule has 2 rings (SSSR count). The van der Waals surface area contributed by atoms with Gasteiger partial charge in [0, 0.05) is 11.8 Å². The molecule has 0 fully saturated rings. The Hall–Kier alpha value is -2.76. The van der Waals surface area contributed by atoms with Gasteiger partial charge in [-0.15, -0.1) is 0 Å². The van der Waals surface area contributed by atoms with Gasteiger partial charge in [0.1, 0.15) is 5.75 Å². The zero-order valence-electron chi connectivity index (χ0n) is 11.9. The van der Waals surface area contributed by atoms with Crippen molar-refractivity contribution >= 4 is 12.3 Å². The van der Waals surface area contributed by atoms with E-state index in [1.165, 1.54) is 20.4 Å². The molecule has 0 spiro atoms. The van der Waals surface area contributed by atoms with Crippen LogP contribution in [0, 0.1) is 6.92 Å². The second-order valence-electron chi connectivity index (χ2n) is 4.23. The molecule has 21 heavy (non-hydrogen) atoms. The Morgan fingerprint density at radius 1 is 1.24 bits per heavy atom. The summed E-state index contributed by atoms with van der Waals surface area (Å²) in [6.07, 6.45) is 2.21. The Morgan fingerprint density at radius 3 is 2.62 bits per heavy atom. The van der Waals surface area contributed by atoms with E-state index >= 15 is 0 Å². The monoisotopic (exact) mass is 286 g/mol. The van der Waals surface area contributed by atoms with Gasteiger partial charge >= 0.3 is 5.97 Å². The van der Waals surface area contributed by atoms with Crippen molar-refractivity contribution in [3.05, 3.63) is 41.3 Å². The Kier molecular flexibility index (Phi) is 4.27. The number of aromatic nitrogens is 2. The Bertz CT molecular complexity index is 698. The van der Waals surface area contributed by atoms with Crippen LogP contribution in [0.1, 0.15) is 26.5 Å². The largest absolute Gasteiger partial charge is 0.496 e. The number of benzene rings is 1. The molecule has 6 heteroatoms. The van der Waals surface area contributed by atoms with E-state index < -0.39 is 5.97 Å². The molecule has 1 aromatic carbocycles. The van der Waals surface area contributed by atoms with E-state index in [0.717, 1.165) is 17.4 Å². The summed E-state index contributed by atoms with van der Waals surface area (Å²) in [5.41, 5.74) is 2.44. The number of methoxy groups -OCH3 is 2. The highest BCUT2D eigenvalue weighted by atomic mass is 16.5. The van der Waals surface area contributed by atoms with E-state index in [2.05, 4.69) is 14.7 Å². The third-order valence-electron chi connectivity index (χ3n) is 3.11. The summed E-state index contributed by atoms with van der Waals surface area (Å²) in [5, 5.41) is 0. The van der Waals surface area contributed by atoms with Crippen molar-refractivity contribution in [1.82, 2.24) is 9.97 Å². The fourth-order valence-electron chi connectivity index (χ4n) is 2.00. The van der Waals surface area contributed by atoms with E-state index in [4.69, 9.17) is 4.74 Å². The number of ether oxygens (including phenoxy) is 2. The fraction of sp³-hybridized carbons (Fsp3) is 0.200. The minimum Gasteiger partial charge on any atom is -0.496 e. The molecule has 1 heterocycles. The standard InChI is InChI=1S/C15H14N2O4/c1-9-10(4-5-13(20-2)11(9)8-18)12-6-7-16-14(17-12)15(19)21-3/h4-8H,1-3H3. The zero-order valence-corrected chi connectivity index (χ0v) is 11.9. The summed E-state index contributed by atoms with van der Waals surface area (Å²) < 4.78 is 9.75. The van der Waals surface area contributed by atoms with Crippen LogP contribution in [0.15, 0.2) is 24.4 Å². The molecule has 0 aliphatic rings. The molecular weight excluding hydrogens is 272 g/mol. The maximum atomic E-state index is 11.5. The number of nitrogens with zero attached hydrogens (tertiary/aromatic N) is 2. The van der Waals surface area contributed by atoms with Crippen molar-refractivity contribution in [3.63, 3.8) is 0 Å². The van der Waals surface area contributed by atoms with Gasteiger partial charge in [0.2, 0.25) is 5.82 Å². The number of hydrogen-bond donors (Lipinski definition) is 0. The number of carbonyl (C=O) groups is 2. The second-order valence-corrected chi connectivity index (χ2v) is 4.23. The van der Waals surface area contributed by atoms with Gasteiger partial charge in [0.05, 0.1) is 25.5 Å². The lowest BCUT2D eigenvalue weighted by molar-refractivity contribution is 0.0586. The van der Waals surface area contributed by atoms with Gasteiger partial charge in [0.15, 0.2) is 6.29 Å². The van der Waals surface area contributed by atoms with Crippen molar-refractivity contribution in [1.29, 1.82) is 0 Å². The van der Waals surface area contributed by atoms with E-state index in [1.807, 2.05) is 0 Å². The first-order chi connectivity index (χ1) is 10.1. The van der Waals surface area contributed by atoms with E-state index in [0.29, 0.717) is 17.0 Å². The predicted octanol–water partition coefficient (Wildman–Crippen LogP) is 2.06. The van der Waals surface area contributed by atoms with Crippen LogP contribution in [0.4, 0.5) is 0 Å².